The highest BCUT2D eigenvalue weighted by atomic mass is 15.0. The van der Waals surface area contributed by atoms with Crippen molar-refractivity contribution in [3.8, 4) is 101 Å². The maximum absolute atomic E-state index is 5.23. The van der Waals surface area contributed by atoms with Gasteiger partial charge < -0.3 is 0 Å². The molecule has 2 heterocycles. The summed E-state index contributed by atoms with van der Waals surface area (Å²) >= 11 is 0. The topological polar surface area (TPSA) is 64.5 Å². The summed E-state index contributed by atoms with van der Waals surface area (Å²) in [6.07, 6.45) is 0. The van der Waals surface area contributed by atoms with Gasteiger partial charge in [0, 0.05) is 33.4 Å². The van der Waals surface area contributed by atoms with Crippen LogP contribution in [0.1, 0.15) is 0 Å². The Labute approximate surface area is 349 Å². The van der Waals surface area contributed by atoms with Crippen LogP contribution in [-0.4, -0.2) is 24.9 Å². The molecule has 0 atom stereocenters. The number of rotatable bonds is 9. The zero-order chi connectivity index (χ0) is 40.1. The second-order valence-corrected chi connectivity index (χ2v) is 14.5. The molecule has 0 saturated heterocycles. The minimum Gasteiger partial charge on any atom is -0.228 e. The van der Waals surface area contributed by atoms with E-state index in [0.29, 0.717) is 23.3 Å². The highest BCUT2D eigenvalue weighted by molar-refractivity contribution is 5.92. The summed E-state index contributed by atoms with van der Waals surface area (Å²) in [4.78, 5) is 25.3. The van der Waals surface area contributed by atoms with Crippen LogP contribution < -0.4 is 0 Å². The summed E-state index contributed by atoms with van der Waals surface area (Å²) in [5, 5.41) is 0. The minimum absolute atomic E-state index is 0.610. The molecule has 10 aromatic rings. The maximum atomic E-state index is 5.23. The van der Waals surface area contributed by atoms with Crippen LogP contribution in [0.25, 0.3) is 101 Å². The average molecular weight is 768 g/mol. The molecule has 0 aliphatic carbocycles. The van der Waals surface area contributed by atoms with Crippen molar-refractivity contribution in [1.29, 1.82) is 0 Å². The summed E-state index contributed by atoms with van der Waals surface area (Å²) in [6, 6.07) is 77.1. The van der Waals surface area contributed by atoms with E-state index in [4.69, 9.17) is 24.9 Å². The van der Waals surface area contributed by atoms with E-state index in [1.165, 1.54) is 0 Å². The van der Waals surface area contributed by atoms with E-state index in [9.17, 15) is 0 Å². The minimum atomic E-state index is 0.610. The van der Waals surface area contributed by atoms with Gasteiger partial charge in [0.15, 0.2) is 23.3 Å². The van der Waals surface area contributed by atoms with Gasteiger partial charge in [0.1, 0.15) is 0 Å². The Kier molecular flexibility index (Phi) is 9.88. The van der Waals surface area contributed by atoms with E-state index >= 15 is 0 Å². The molecule has 0 aliphatic heterocycles. The van der Waals surface area contributed by atoms with Gasteiger partial charge >= 0.3 is 0 Å². The SMILES string of the molecule is c1ccc(-c2cc(-c3ccc(-c4ccc(-c5nc(-c6ccccc6)nc(-c6ccccc6)n5)cc4-c4ccccc4)cc3-c3ccccc3)nc(-c3ccccc3)n2)cc1. The summed E-state index contributed by atoms with van der Waals surface area (Å²) in [5.74, 6) is 2.55. The smallest absolute Gasteiger partial charge is 0.164 e. The number of hydrogen-bond acceptors (Lipinski definition) is 5. The zero-order valence-electron chi connectivity index (χ0n) is 32.6. The third-order valence-corrected chi connectivity index (χ3v) is 10.6. The molecular weight excluding hydrogens is 731 g/mol. The molecule has 0 fully saturated rings. The molecule has 0 radical (unpaired) electrons. The predicted molar refractivity (Wildman–Crippen MR) is 244 cm³/mol. The fraction of sp³-hybridized carbons (Fsp3) is 0. The second-order valence-electron chi connectivity index (χ2n) is 14.5. The second kappa shape index (κ2) is 16.4. The van der Waals surface area contributed by atoms with Crippen molar-refractivity contribution in [3.63, 3.8) is 0 Å². The molecule has 2 aromatic heterocycles. The quantitative estimate of drug-likeness (QED) is 0.146. The van der Waals surface area contributed by atoms with Crippen LogP contribution in [0.15, 0.2) is 224 Å². The van der Waals surface area contributed by atoms with Crippen molar-refractivity contribution in [2.75, 3.05) is 0 Å². The molecule has 60 heavy (non-hydrogen) atoms. The van der Waals surface area contributed by atoms with Gasteiger partial charge in [-0.25, -0.2) is 24.9 Å². The Morgan fingerprint density at radius 1 is 0.183 bits per heavy atom. The summed E-state index contributed by atoms with van der Waals surface area (Å²) in [6.45, 7) is 0. The first-order valence-corrected chi connectivity index (χ1v) is 20.0. The summed E-state index contributed by atoms with van der Waals surface area (Å²) in [5.41, 5.74) is 14.0. The number of aromatic nitrogens is 5. The lowest BCUT2D eigenvalue weighted by Gasteiger charge is -2.17. The van der Waals surface area contributed by atoms with Crippen molar-refractivity contribution in [2.24, 2.45) is 0 Å². The van der Waals surface area contributed by atoms with Crippen LogP contribution in [0.3, 0.4) is 0 Å². The van der Waals surface area contributed by atoms with E-state index in [1.54, 1.807) is 0 Å². The van der Waals surface area contributed by atoms with Crippen LogP contribution in [0.5, 0.6) is 0 Å². The van der Waals surface area contributed by atoms with Gasteiger partial charge in [0.05, 0.1) is 11.4 Å². The molecule has 282 valence electrons. The van der Waals surface area contributed by atoms with Crippen molar-refractivity contribution < 1.29 is 0 Å². The van der Waals surface area contributed by atoms with Crippen LogP contribution in [-0.2, 0) is 0 Å². The highest BCUT2D eigenvalue weighted by Gasteiger charge is 2.19. The van der Waals surface area contributed by atoms with E-state index in [2.05, 4.69) is 127 Å². The zero-order valence-corrected chi connectivity index (χ0v) is 32.6. The van der Waals surface area contributed by atoms with E-state index in [0.717, 1.165) is 78.1 Å². The number of hydrogen-bond donors (Lipinski definition) is 0. The van der Waals surface area contributed by atoms with E-state index < -0.39 is 0 Å². The van der Waals surface area contributed by atoms with Crippen LogP contribution in [0.2, 0.25) is 0 Å². The molecule has 8 aromatic carbocycles. The number of benzene rings is 8. The standard InChI is InChI=1S/C55H37N5/c1-7-19-38(20-8-1)48-36-45(55-59-53(42-27-15-5-16-28-42)58-54(60-55)43-29-17-6-18-30-43)32-33-46(48)44-31-34-47(49(35-44)39-21-9-2-10-22-39)51-37-50(40-23-11-3-12-24-40)56-52(57-51)41-25-13-4-14-26-41/h1-37H. The Morgan fingerprint density at radius 2 is 0.517 bits per heavy atom. The lowest BCUT2D eigenvalue weighted by atomic mass is 9.88. The molecule has 0 amide bonds. The Bertz CT molecular complexity index is 2930. The normalized spacial score (nSPS) is 11.0. The molecular formula is C55H37N5. The van der Waals surface area contributed by atoms with Gasteiger partial charge in [-0.1, -0.05) is 206 Å². The molecule has 10 rings (SSSR count). The van der Waals surface area contributed by atoms with Crippen LogP contribution in [0.4, 0.5) is 0 Å². The monoisotopic (exact) mass is 767 g/mol. The molecule has 5 nitrogen and oxygen atoms in total. The van der Waals surface area contributed by atoms with Crippen LogP contribution >= 0.6 is 0 Å². The largest absolute Gasteiger partial charge is 0.228 e. The van der Waals surface area contributed by atoms with Crippen molar-refractivity contribution in [1.82, 2.24) is 24.9 Å². The molecule has 5 heteroatoms. The van der Waals surface area contributed by atoms with Crippen molar-refractivity contribution >= 4 is 0 Å². The summed E-state index contributed by atoms with van der Waals surface area (Å²) < 4.78 is 0. The van der Waals surface area contributed by atoms with Gasteiger partial charge in [-0.3, -0.25) is 0 Å². The first kappa shape index (κ1) is 36.2. The lowest BCUT2D eigenvalue weighted by molar-refractivity contribution is 1.07. The molecule has 0 spiro atoms. The van der Waals surface area contributed by atoms with E-state index in [1.807, 2.05) is 97.1 Å². The lowest BCUT2D eigenvalue weighted by Crippen LogP contribution is -2.00. The third kappa shape index (κ3) is 7.51. The van der Waals surface area contributed by atoms with Gasteiger partial charge in [-0.15, -0.1) is 0 Å². The fourth-order valence-corrected chi connectivity index (χ4v) is 7.58. The van der Waals surface area contributed by atoms with Crippen LogP contribution in [0, 0.1) is 0 Å². The molecule has 0 bridgehead atoms. The maximum Gasteiger partial charge on any atom is 0.164 e. The van der Waals surface area contributed by atoms with Gasteiger partial charge in [-0.05, 0) is 51.6 Å². The molecule has 0 unspecified atom stereocenters. The number of nitrogens with zero attached hydrogens (tertiary/aromatic N) is 5. The van der Waals surface area contributed by atoms with Gasteiger partial charge in [-0.2, -0.15) is 0 Å². The molecule has 0 aliphatic rings. The van der Waals surface area contributed by atoms with Gasteiger partial charge in [0.25, 0.3) is 0 Å². The predicted octanol–water partition coefficient (Wildman–Crippen LogP) is 13.7. The highest BCUT2D eigenvalue weighted by Crippen LogP contribution is 2.41. The Balaban J connectivity index is 1.15. The van der Waals surface area contributed by atoms with Crippen molar-refractivity contribution in [3.05, 3.63) is 224 Å². The Morgan fingerprint density at radius 3 is 1.00 bits per heavy atom. The van der Waals surface area contributed by atoms with Gasteiger partial charge in [0.2, 0.25) is 0 Å². The van der Waals surface area contributed by atoms with Crippen molar-refractivity contribution in [2.45, 2.75) is 0 Å². The average Bonchev–Trinajstić information content (AvgIpc) is 3.35. The van der Waals surface area contributed by atoms with E-state index in [-0.39, 0.29) is 0 Å². The first-order valence-electron chi connectivity index (χ1n) is 20.0. The molecule has 0 saturated carbocycles. The Hall–Kier alpha value is -8.15. The summed E-state index contributed by atoms with van der Waals surface area (Å²) in [7, 11) is 0. The fourth-order valence-electron chi connectivity index (χ4n) is 7.58. The first-order chi connectivity index (χ1) is 29.7. The third-order valence-electron chi connectivity index (χ3n) is 10.6. The molecule has 0 N–H and O–H groups in total.